The van der Waals surface area contributed by atoms with Gasteiger partial charge in [-0.1, -0.05) is 12.1 Å². The zero-order valence-corrected chi connectivity index (χ0v) is 18.0. The van der Waals surface area contributed by atoms with Crippen LogP contribution in [0.15, 0.2) is 49.1 Å². The molecule has 4 heterocycles. The third-order valence-corrected chi connectivity index (χ3v) is 6.11. The summed E-state index contributed by atoms with van der Waals surface area (Å²) in [6.07, 6.45) is 7.24. The molecule has 1 amide bonds. The highest BCUT2D eigenvalue weighted by Gasteiger charge is 2.44. The molecule has 158 valence electrons. The van der Waals surface area contributed by atoms with E-state index in [0.717, 1.165) is 52.7 Å². The molecule has 31 heavy (non-hydrogen) atoms. The molecule has 0 N–H and O–H groups in total. The summed E-state index contributed by atoms with van der Waals surface area (Å²) in [5.74, 6) is 0.773. The Hall–Kier alpha value is -3.32. The molecule has 1 saturated heterocycles. The Morgan fingerprint density at radius 2 is 1.65 bits per heavy atom. The van der Waals surface area contributed by atoms with E-state index in [2.05, 4.69) is 25.9 Å². The minimum atomic E-state index is -0.618. The summed E-state index contributed by atoms with van der Waals surface area (Å²) in [5, 5.41) is 0. The summed E-state index contributed by atoms with van der Waals surface area (Å²) in [7, 11) is 0. The van der Waals surface area contributed by atoms with Crippen LogP contribution in [0.3, 0.4) is 0 Å². The number of nitrogens with zero attached hydrogens (tertiary/aromatic N) is 5. The summed E-state index contributed by atoms with van der Waals surface area (Å²) < 4.78 is 5.47. The van der Waals surface area contributed by atoms with Crippen LogP contribution in [0, 0.1) is 6.92 Å². The van der Waals surface area contributed by atoms with Gasteiger partial charge in [-0.05, 0) is 44.0 Å². The highest BCUT2D eigenvalue weighted by molar-refractivity contribution is 6.13. The molecule has 0 unspecified atom stereocenters. The van der Waals surface area contributed by atoms with Crippen molar-refractivity contribution in [2.45, 2.75) is 26.2 Å². The first-order valence-corrected chi connectivity index (χ1v) is 10.5. The average molecular weight is 415 g/mol. The smallest absolute Gasteiger partial charge is 0.241 e. The van der Waals surface area contributed by atoms with E-state index in [0.29, 0.717) is 13.2 Å². The van der Waals surface area contributed by atoms with Crippen LogP contribution < -0.4 is 9.80 Å². The van der Waals surface area contributed by atoms with E-state index in [1.54, 1.807) is 11.1 Å². The lowest BCUT2D eigenvalue weighted by Gasteiger charge is -2.29. The van der Waals surface area contributed by atoms with Gasteiger partial charge < -0.3 is 9.64 Å². The molecule has 0 aliphatic carbocycles. The maximum absolute atomic E-state index is 13.5. The van der Waals surface area contributed by atoms with Gasteiger partial charge in [0.2, 0.25) is 5.91 Å². The molecular weight excluding hydrogens is 390 g/mol. The van der Waals surface area contributed by atoms with Crippen LogP contribution in [0.4, 0.5) is 17.1 Å². The van der Waals surface area contributed by atoms with Crippen LogP contribution in [0.25, 0.3) is 11.1 Å². The second kappa shape index (κ2) is 7.42. The minimum Gasteiger partial charge on any atom is -0.378 e. The lowest BCUT2D eigenvalue weighted by Crippen LogP contribution is -2.36. The molecule has 7 nitrogen and oxygen atoms in total. The zero-order chi connectivity index (χ0) is 21.6. The number of morpholine rings is 1. The van der Waals surface area contributed by atoms with Crippen molar-refractivity contribution in [3.8, 4) is 11.1 Å². The van der Waals surface area contributed by atoms with Crippen LogP contribution in [0.2, 0.25) is 0 Å². The van der Waals surface area contributed by atoms with Crippen LogP contribution in [-0.2, 0) is 14.9 Å². The maximum Gasteiger partial charge on any atom is 0.241 e. The third kappa shape index (κ3) is 3.35. The molecule has 2 aliphatic rings. The van der Waals surface area contributed by atoms with Crippen molar-refractivity contribution in [1.29, 1.82) is 0 Å². The van der Waals surface area contributed by atoms with Crippen LogP contribution in [0.5, 0.6) is 0 Å². The maximum atomic E-state index is 13.5. The van der Waals surface area contributed by atoms with E-state index in [-0.39, 0.29) is 5.91 Å². The predicted molar refractivity (Wildman–Crippen MR) is 120 cm³/mol. The summed E-state index contributed by atoms with van der Waals surface area (Å²) in [6.45, 7) is 8.85. The van der Waals surface area contributed by atoms with E-state index in [1.807, 2.05) is 57.6 Å². The van der Waals surface area contributed by atoms with Gasteiger partial charge in [-0.2, -0.15) is 0 Å². The average Bonchev–Trinajstić information content (AvgIpc) is 3.00. The van der Waals surface area contributed by atoms with Gasteiger partial charge in [0.15, 0.2) is 0 Å². The lowest BCUT2D eigenvalue weighted by atomic mass is 9.85. The summed E-state index contributed by atoms with van der Waals surface area (Å²) in [4.78, 5) is 30.6. The second-order valence-electron chi connectivity index (χ2n) is 8.52. The van der Waals surface area contributed by atoms with E-state index < -0.39 is 5.41 Å². The molecule has 2 aliphatic heterocycles. The first-order chi connectivity index (χ1) is 14.9. The van der Waals surface area contributed by atoms with Crippen molar-refractivity contribution in [3.05, 3.63) is 60.4 Å². The topological polar surface area (TPSA) is 71.5 Å². The zero-order valence-electron chi connectivity index (χ0n) is 18.0. The molecule has 3 aromatic rings. The molecule has 2 aromatic heterocycles. The fourth-order valence-electron chi connectivity index (χ4n) is 4.26. The van der Waals surface area contributed by atoms with Gasteiger partial charge in [-0.15, -0.1) is 0 Å². The Bertz CT molecular complexity index is 1140. The molecule has 7 heteroatoms. The molecule has 1 fully saturated rings. The SMILES string of the molecule is Cc1ncc(-c2ccc3c(c2)N(c2cncc(N4CCOCC4)c2)C(=O)C3(C)C)cn1. The normalized spacial score (nSPS) is 17.7. The first-order valence-electron chi connectivity index (χ1n) is 10.5. The highest BCUT2D eigenvalue weighted by atomic mass is 16.5. The molecule has 0 spiro atoms. The molecule has 0 saturated carbocycles. The van der Waals surface area contributed by atoms with Gasteiger partial charge in [0.1, 0.15) is 5.82 Å². The third-order valence-electron chi connectivity index (χ3n) is 6.11. The number of pyridine rings is 1. The van der Waals surface area contributed by atoms with Crippen molar-refractivity contribution in [3.63, 3.8) is 0 Å². The van der Waals surface area contributed by atoms with E-state index in [9.17, 15) is 4.79 Å². The van der Waals surface area contributed by atoms with Gasteiger partial charge in [0.05, 0.1) is 48.1 Å². The molecular formula is C24H25N5O2. The van der Waals surface area contributed by atoms with Crippen molar-refractivity contribution in [2.75, 3.05) is 36.1 Å². The standard InChI is InChI=1S/C24H25N5O2/c1-16-26-12-18(13-27-16)17-4-5-21-22(10-17)29(23(30)24(21,2)3)20-11-19(14-25-15-20)28-6-8-31-9-7-28/h4-5,10-15H,6-9H2,1-3H3. The van der Waals surface area contributed by atoms with E-state index in [1.165, 1.54) is 0 Å². The first kappa shape index (κ1) is 19.6. The Kier molecular flexibility index (Phi) is 4.70. The molecule has 5 rings (SSSR count). The number of carbonyl (C=O) groups excluding carboxylic acids is 1. The number of ether oxygens (including phenoxy) is 1. The number of carbonyl (C=O) groups is 1. The number of aromatic nitrogens is 3. The molecule has 0 bridgehead atoms. The van der Waals surface area contributed by atoms with Gasteiger partial charge >= 0.3 is 0 Å². The Balaban J connectivity index is 1.58. The molecule has 0 radical (unpaired) electrons. The number of benzene rings is 1. The van der Waals surface area contributed by atoms with E-state index >= 15 is 0 Å². The van der Waals surface area contributed by atoms with Crippen molar-refractivity contribution < 1.29 is 9.53 Å². The number of rotatable bonds is 3. The number of hydrogen-bond acceptors (Lipinski definition) is 6. The summed E-state index contributed by atoms with van der Waals surface area (Å²) in [5.41, 5.74) is 4.95. The number of amides is 1. The fourth-order valence-corrected chi connectivity index (χ4v) is 4.26. The monoisotopic (exact) mass is 415 g/mol. The van der Waals surface area contributed by atoms with Crippen LogP contribution >= 0.6 is 0 Å². The highest BCUT2D eigenvalue weighted by Crippen LogP contribution is 2.47. The van der Waals surface area contributed by atoms with Gasteiger partial charge in [0.25, 0.3) is 0 Å². The summed E-state index contributed by atoms with van der Waals surface area (Å²) in [6, 6.07) is 8.18. The van der Waals surface area contributed by atoms with Gasteiger partial charge in [-0.3, -0.25) is 14.7 Å². The summed E-state index contributed by atoms with van der Waals surface area (Å²) >= 11 is 0. The van der Waals surface area contributed by atoms with Crippen molar-refractivity contribution >= 4 is 23.0 Å². The number of aryl methyl sites for hydroxylation is 1. The second-order valence-corrected chi connectivity index (χ2v) is 8.52. The van der Waals surface area contributed by atoms with Gasteiger partial charge in [-0.25, -0.2) is 9.97 Å². The van der Waals surface area contributed by atoms with E-state index in [4.69, 9.17) is 4.74 Å². The Labute approximate surface area is 181 Å². The van der Waals surface area contributed by atoms with Crippen LogP contribution in [-0.4, -0.2) is 47.2 Å². The lowest BCUT2D eigenvalue weighted by molar-refractivity contribution is -0.121. The predicted octanol–water partition coefficient (Wildman–Crippen LogP) is 3.64. The number of hydrogen-bond donors (Lipinski definition) is 0. The number of fused-ring (bicyclic) bond motifs is 1. The van der Waals surface area contributed by atoms with Crippen molar-refractivity contribution in [2.24, 2.45) is 0 Å². The van der Waals surface area contributed by atoms with Crippen molar-refractivity contribution in [1.82, 2.24) is 15.0 Å². The fraction of sp³-hybridized carbons (Fsp3) is 0.333. The minimum absolute atomic E-state index is 0.0423. The largest absolute Gasteiger partial charge is 0.378 e. The molecule has 1 aromatic carbocycles. The van der Waals surface area contributed by atoms with Gasteiger partial charge in [0, 0.05) is 31.0 Å². The molecule has 0 atom stereocenters. The Morgan fingerprint density at radius 3 is 2.39 bits per heavy atom. The number of anilines is 3. The van der Waals surface area contributed by atoms with Crippen LogP contribution in [0.1, 0.15) is 25.2 Å². The Morgan fingerprint density at radius 1 is 0.935 bits per heavy atom. The quantitative estimate of drug-likeness (QED) is 0.650.